The van der Waals surface area contributed by atoms with Crippen LogP contribution in [0.5, 0.6) is 0 Å². The highest BCUT2D eigenvalue weighted by molar-refractivity contribution is 9.10. The van der Waals surface area contributed by atoms with Crippen LogP contribution in [-0.4, -0.2) is 37.0 Å². The average molecular weight is 333 g/mol. The number of likely N-dealkylation sites (tertiary alicyclic amines) is 1. The number of amides is 1. The highest BCUT2D eigenvalue weighted by atomic mass is 79.9. The number of hydrogen-bond donors (Lipinski definition) is 1. The third-order valence-corrected chi connectivity index (χ3v) is 4.10. The number of benzene rings is 1. The van der Waals surface area contributed by atoms with Gasteiger partial charge in [-0.1, -0.05) is 0 Å². The van der Waals surface area contributed by atoms with Gasteiger partial charge >= 0.3 is 0 Å². The maximum Gasteiger partial charge on any atom is 0.255 e. The summed E-state index contributed by atoms with van der Waals surface area (Å²) < 4.78 is 26.9. The van der Waals surface area contributed by atoms with Crippen LogP contribution >= 0.6 is 15.9 Å². The molecule has 19 heavy (non-hydrogen) atoms. The number of piperidine rings is 1. The second-order valence-corrected chi connectivity index (χ2v) is 5.56. The zero-order valence-corrected chi connectivity index (χ0v) is 12.1. The first-order valence-corrected chi connectivity index (χ1v) is 6.91. The molecular weight excluding hydrogens is 318 g/mol. The van der Waals surface area contributed by atoms with Gasteiger partial charge < -0.3 is 10.2 Å². The van der Waals surface area contributed by atoms with Crippen molar-refractivity contribution < 1.29 is 13.6 Å². The van der Waals surface area contributed by atoms with Gasteiger partial charge in [0.1, 0.15) is 11.6 Å². The van der Waals surface area contributed by atoms with E-state index in [1.54, 1.807) is 0 Å². The number of nitrogens with zero attached hydrogens (tertiary/aromatic N) is 1. The fraction of sp³-hybridized carbons (Fsp3) is 0.462. The fourth-order valence-electron chi connectivity index (χ4n) is 2.15. The predicted octanol–water partition coefficient (Wildman–Crippen LogP) is 2.55. The molecule has 3 nitrogen and oxygen atoms in total. The molecule has 1 N–H and O–H groups in total. The Hall–Kier alpha value is -1.01. The van der Waals surface area contributed by atoms with Crippen LogP contribution < -0.4 is 5.32 Å². The summed E-state index contributed by atoms with van der Waals surface area (Å²) in [6.45, 7) is 1.77. The molecule has 0 atom stereocenters. The van der Waals surface area contributed by atoms with E-state index >= 15 is 0 Å². The molecule has 0 saturated carbocycles. The number of rotatable bonds is 2. The zero-order chi connectivity index (χ0) is 14.0. The van der Waals surface area contributed by atoms with Crippen molar-refractivity contribution in [1.82, 2.24) is 10.2 Å². The van der Waals surface area contributed by atoms with Crippen LogP contribution in [0.3, 0.4) is 0 Å². The molecule has 1 aromatic rings. The van der Waals surface area contributed by atoms with E-state index in [1.807, 2.05) is 7.05 Å². The van der Waals surface area contributed by atoms with E-state index in [4.69, 9.17) is 0 Å². The topological polar surface area (TPSA) is 32.3 Å². The van der Waals surface area contributed by atoms with E-state index in [9.17, 15) is 13.6 Å². The van der Waals surface area contributed by atoms with Crippen LogP contribution in [-0.2, 0) is 0 Å². The molecule has 0 aromatic heterocycles. The lowest BCUT2D eigenvalue weighted by Crippen LogP contribution is -2.43. The summed E-state index contributed by atoms with van der Waals surface area (Å²) in [5, 5.41) is 2.76. The van der Waals surface area contributed by atoms with Gasteiger partial charge in [-0.25, -0.2) is 8.78 Å². The summed E-state index contributed by atoms with van der Waals surface area (Å²) in [6.07, 6.45) is 1.63. The molecule has 0 aliphatic carbocycles. The Morgan fingerprint density at radius 3 is 2.53 bits per heavy atom. The Balaban J connectivity index is 2.10. The first kappa shape index (κ1) is 14.4. The van der Waals surface area contributed by atoms with Crippen LogP contribution in [0.1, 0.15) is 23.2 Å². The van der Waals surface area contributed by atoms with Gasteiger partial charge in [-0.15, -0.1) is 0 Å². The van der Waals surface area contributed by atoms with Crippen molar-refractivity contribution in [2.45, 2.75) is 18.9 Å². The normalized spacial score (nSPS) is 17.5. The maximum absolute atomic E-state index is 13.6. The second kappa shape index (κ2) is 5.96. The Morgan fingerprint density at radius 2 is 1.89 bits per heavy atom. The molecular formula is C13H15BrF2N2O. The number of carbonyl (C=O) groups is 1. The van der Waals surface area contributed by atoms with Gasteiger partial charge in [0, 0.05) is 6.04 Å². The molecule has 0 unspecified atom stereocenters. The van der Waals surface area contributed by atoms with E-state index < -0.39 is 17.5 Å². The lowest BCUT2D eigenvalue weighted by molar-refractivity contribution is 0.0911. The summed E-state index contributed by atoms with van der Waals surface area (Å²) >= 11 is 2.92. The molecule has 1 aliphatic rings. The largest absolute Gasteiger partial charge is 0.349 e. The van der Waals surface area contributed by atoms with Crippen LogP contribution in [0, 0.1) is 11.6 Å². The first-order valence-electron chi connectivity index (χ1n) is 6.12. The molecule has 0 spiro atoms. The summed E-state index contributed by atoms with van der Waals surface area (Å²) in [7, 11) is 2.01. The molecule has 0 radical (unpaired) electrons. The highest BCUT2D eigenvalue weighted by Gasteiger charge is 2.23. The van der Waals surface area contributed by atoms with Crippen molar-refractivity contribution in [2.24, 2.45) is 0 Å². The van der Waals surface area contributed by atoms with E-state index in [0.29, 0.717) is 0 Å². The van der Waals surface area contributed by atoms with Gasteiger partial charge in [0.05, 0.1) is 10.0 Å². The van der Waals surface area contributed by atoms with Gasteiger partial charge in [-0.2, -0.15) is 0 Å². The molecule has 2 rings (SSSR count). The lowest BCUT2D eigenvalue weighted by atomic mass is 10.0. The number of nitrogens with one attached hydrogen (secondary N) is 1. The second-order valence-electron chi connectivity index (χ2n) is 4.77. The summed E-state index contributed by atoms with van der Waals surface area (Å²) in [5.41, 5.74) is -0.265. The summed E-state index contributed by atoms with van der Waals surface area (Å²) in [4.78, 5) is 14.2. The van der Waals surface area contributed by atoms with E-state index in [1.165, 1.54) is 0 Å². The fourth-order valence-corrected chi connectivity index (χ4v) is 2.65. The summed E-state index contributed by atoms with van der Waals surface area (Å²) in [6, 6.07) is 1.97. The Kier molecular flexibility index (Phi) is 4.52. The minimum Gasteiger partial charge on any atom is -0.349 e. The smallest absolute Gasteiger partial charge is 0.255 e. The Labute approximate surface area is 119 Å². The molecule has 1 aromatic carbocycles. The minimum atomic E-state index is -0.723. The standard InChI is InChI=1S/C13H15BrF2N2O/c1-18-6-4-8(5-7-18)17-13(19)11-9(15)2-3-10(16)12(11)14/h2-3,8H,4-7H2,1H3,(H,17,19). The van der Waals surface area contributed by atoms with Gasteiger partial charge in [0.2, 0.25) is 0 Å². The van der Waals surface area contributed by atoms with E-state index in [0.717, 1.165) is 38.1 Å². The first-order chi connectivity index (χ1) is 8.99. The zero-order valence-electron chi connectivity index (χ0n) is 10.5. The van der Waals surface area contributed by atoms with Crippen LogP contribution in [0.15, 0.2) is 16.6 Å². The maximum atomic E-state index is 13.6. The SMILES string of the molecule is CN1CCC(NC(=O)c2c(F)ccc(F)c2Br)CC1. The van der Waals surface area contributed by atoms with E-state index in [2.05, 4.69) is 26.1 Å². The average Bonchev–Trinajstić information content (AvgIpc) is 2.37. The molecule has 6 heteroatoms. The van der Waals surface area contributed by atoms with Gasteiger partial charge in [0.15, 0.2) is 0 Å². The Bertz CT molecular complexity index is 488. The van der Waals surface area contributed by atoms with Crippen molar-refractivity contribution >= 4 is 21.8 Å². The van der Waals surface area contributed by atoms with Gasteiger partial charge in [-0.3, -0.25) is 4.79 Å². The van der Waals surface area contributed by atoms with Crippen molar-refractivity contribution in [3.63, 3.8) is 0 Å². The van der Waals surface area contributed by atoms with Crippen LogP contribution in [0.4, 0.5) is 8.78 Å². The van der Waals surface area contributed by atoms with Gasteiger partial charge in [-0.05, 0) is 61.0 Å². The third kappa shape index (κ3) is 3.30. The van der Waals surface area contributed by atoms with Crippen molar-refractivity contribution in [1.29, 1.82) is 0 Å². The third-order valence-electron chi connectivity index (χ3n) is 3.32. The number of carbonyl (C=O) groups excluding carboxylic acids is 1. The van der Waals surface area contributed by atoms with Crippen molar-refractivity contribution in [3.05, 3.63) is 33.8 Å². The molecule has 104 valence electrons. The quantitative estimate of drug-likeness (QED) is 0.844. The predicted molar refractivity (Wildman–Crippen MR) is 72.0 cm³/mol. The molecule has 0 bridgehead atoms. The number of hydrogen-bond acceptors (Lipinski definition) is 2. The highest BCUT2D eigenvalue weighted by Crippen LogP contribution is 2.23. The molecule has 1 aliphatic heterocycles. The molecule has 1 fully saturated rings. The Morgan fingerprint density at radius 1 is 1.32 bits per heavy atom. The molecule has 1 amide bonds. The van der Waals surface area contributed by atoms with Gasteiger partial charge in [0.25, 0.3) is 5.91 Å². The molecule has 1 heterocycles. The summed E-state index contributed by atoms with van der Waals surface area (Å²) in [5.74, 6) is -1.94. The molecule has 1 saturated heterocycles. The van der Waals surface area contributed by atoms with Crippen LogP contribution in [0.25, 0.3) is 0 Å². The van der Waals surface area contributed by atoms with Crippen molar-refractivity contribution in [3.8, 4) is 0 Å². The lowest BCUT2D eigenvalue weighted by Gasteiger charge is -2.29. The van der Waals surface area contributed by atoms with E-state index in [-0.39, 0.29) is 16.1 Å². The van der Waals surface area contributed by atoms with Crippen LogP contribution in [0.2, 0.25) is 0 Å². The number of halogens is 3. The monoisotopic (exact) mass is 332 g/mol. The minimum absolute atomic E-state index is 0.0123. The van der Waals surface area contributed by atoms with Crippen molar-refractivity contribution in [2.75, 3.05) is 20.1 Å².